The zero-order valence-electron chi connectivity index (χ0n) is 6.06. The van der Waals surface area contributed by atoms with E-state index in [9.17, 15) is 9.50 Å². The van der Waals surface area contributed by atoms with E-state index in [1.54, 1.807) is 0 Å². The third-order valence-corrected chi connectivity index (χ3v) is 2.38. The molecule has 0 aromatic heterocycles. The fourth-order valence-electron chi connectivity index (χ4n) is 0.919. The van der Waals surface area contributed by atoms with Gasteiger partial charge in [-0.2, -0.15) is 0 Å². The molecule has 0 amide bonds. The highest BCUT2D eigenvalue weighted by molar-refractivity contribution is 9.10. The van der Waals surface area contributed by atoms with Gasteiger partial charge in [0.05, 0.1) is 4.47 Å². The SMILES string of the molecule is CCc1c(O)ccc(F)c1Br. The molecule has 1 nitrogen and oxygen atoms in total. The first-order valence-corrected chi connectivity index (χ1v) is 4.12. The van der Waals surface area contributed by atoms with Crippen molar-refractivity contribution in [1.29, 1.82) is 0 Å². The number of hydrogen-bond donors (Lipinski definition) is 1. The second kappa shape index (κ2) is 3.22. The van der Waals surface area contributed by atoms with E-state index in [0.29, 0.717) is 16.5 Å². The Morgan fingerprint density at radius 2 is 2.18 bits per heavy atom. The summed E-state index contributed by atoms with van der Waals surface area (Å²) in [5.74, 6) is -0.194. The molecular formula is C8H8BrFO. The molecule has 60 valence electrons. The largest absolute Gasteiger partial charge is 0.508 e. The molecule has 1 aromatic carbocycles. The maximum Gasteiger partial charge on any atom is 0.137 e. The van der Waals surface area contributed by atoms with Crippen molar-refractivity contribution in [1.82, 2.24) is 0 Å². The van der Waals surface area contributed by atoms with Crippen molar-refractivity contribution in [3.8, 4) is 5.75 Å². The Balaban J connectivity index is 3.29. The summed E-state index contributed by atoms with van der Waals surface area (Å²) in [6.45, 7) is 1.86. The number of hydrogen-bond acceptors (Lipinski definition) is 1. The summed E-state index contributed by atoms with van der Waals surface area (Å²) >= 11 is 3.06. The fraction of sp³-hybridized carbons (Fsp3) is 0.250. The Hall–Kier alpha value is -0.570. The molecule has 1 aromatic rings. The van der Waals surface area contributed by atoms with E-state index in [-0.39, 0.29) is 11.6 Å². The van der Waals surface area contributed by atoms with E-state index in [4.69, 9.17) is 0 Å². The summed E-state index contributed by atoms with van der Waals surface area (Å²) in [6, 6.07) is 2.59. The molecule has 0 aliphatic rings. The van der Waals surface area contributed by atoms with E-state index in [0.717, 1.165) is 0 Å². The van der Waals surface area contributed by atoms with Crippen LogP contribution in [0.5, 0.6) is 5.75 Å². The van der Waals surface area contributed by atoms with Gasteiger partial charge in [-0.05, 0) is 34.5 Å². The number of benzene rings is 1. The second-order valence-electron chi connectivity index (χ2n) is 2.21. The first kappa shape index (κ1) is 8.53. The topological polar surface area (TPSA) is 20.2 Å². The summed E-state index contributed by atoms with van der Waals surface area (Å²) < 4.78 is 13.1. The third-order valence-electron chi connectivity index (χ3n) is 1.52. The minimum atomic E-state index is -0.334. The lowest BCUT2D eigenvalue weighted by molar-refractivity contribution is 0.465. The Bertz CT molecular complexity index is 273. The van der Waals surface area contributed by atoms with Crippen LogP contribution in [0.15, 0.2) is 16.6 Å². The van der Waals surface area contributed by atoms with Crippen molar-refractivity contribution in [2.24, 2.45) is 0 Å². The molecule has 0 unspecified atom stereocenters. The molecular weight excluding hydrogens is 211 g/mol. The zero-order chi connectivity index (χ0) is 8.43. The molecule has 0 saturated carbocycles. The number of halogens is 2. The molecule has 1 rings (SSSR count). The molecule has 0 heterocycles. The van der Waals surface area contributed by atoms with Crippen LogP contribution in [0, 0.1) is 5.82 Å². The summed E-state index contributed by atoms with van der Waals surface area (Å²) in [7, 11) is 0. The van der Waals surface area contributed by atoms with Crippen molar-refractivity contribution >= 4 is 15.9 Å². The van der Waals surface area contributed by atoms with Gasteiger partial charge in [-0.3, -0.25) is 0 Å². The first-order chi connectivity index (χ1) is 5.16. The number of aromatic hydroxyl groups is 1. The van der Waals surface area contributed by atoms with Gasteiger partial charge in [0.15, 0.2) is 0 Å². The van der Waals surface area contributed by atoms with Crippen LogP contribution in [0.1, 0.15) is 12.5 Å². The van der Waals surface area contributed by atoms with Crippen molar-refractivity contribution < 1.29 is 9.50 Å². The van der Waals surface area contributed by atoms with Crippen LogP contribution in [-0.4, -0.2) is 5.11 Å². The number of rotatable bonds is 1. The average molecular weight is 219 g/mol. The summed E-state index contributed by atoms with van der Waals surface area (Å²) in [5, 5.41) is 9.22. The summed E-state index contributed by atoms with van der Waals surface area (Å²) in [6.07, 6.45) is 0.615. The molecule has 3 heteroatoms. The van der Waals surface area contributed by atoms with Crippen molar-refractivity contribution in [3.63, 3.8) is 0 Å². The van der Waals surface area contributed by atoms with Crippen LogP contribution in [0.2, 0.25) is 0 Å². The minimum Gasteiger partial charge on any atom is -0.508 e. The Morgan fingerprint density at radius 3 is 2.64 bits per heavy atom. The molecule has 0 aliphatic heterocycles. The van der Waals surface area contributed by atoms with Crippen LogP contribution in [-0.2, 0) is 6.42 Å². The Kier molecular flexibility index (Phi) is 2.49. The highest BCUT2D eigenvalue weighted by Crippen LogP contribution is 2.28. The fourth-order valence-corrected chi connectivity index (χ4v) is 1.53. The van der Waals surface area contributed by atoms with Gasteiger partial charge in [0.25, 0.3) is 0 Å². The second-order valence-corrected chi connectivity index (χ2v) is 3.01. The molecule has 0 bridgehead atoms. The van der Waals surface area contributed by atoms with Crippen LogP contribution in [0.25, 0.3) is 0 Å². The van der Waals surface area contributed by atoms with Crippen molar-refractivity contribution in [3.05, 3.63) is 28.0 Å². The van der Waals surface area contributed by atoms with Crippen LogP contribution >= 0.6 is 15.9 Å². The van der Waals surface area contributed by atoms with E-state index in [1.807, 2.05) is 6.92 Å². The van der Waals surface area contributed by atoms with Crippen LogP contribution < -0.4 is 0 Å². The Morgan fingerprint density at radius 1 is 1.55 bits per heavy atom. The predicted octanol–water partition coefficient (Wildman–Crippen LogP) is 2.86. The molecule has 0 fully saturated rings. The summed E-state index contributed by atoms with van der Waals surface area (Å²) in [5.41, 5.74) is 0.616. The molecule has 1 N–H and O–H groups in total. The third kappa shape index (κ3) is 1.53. The van der Waals surface area contributed by atoms with E-state index in [2.05, 4.69) is 15.9 Å². The summed E-state index contributed by atoms with van der Waals surface area (Å²) in [4.78, 5) is 0. The highest BCUT2D eigenvalue weighted by atomic mass is 79.9. The van der Waals surface area contributed by atoms with Gasteiger partial charge in [0.2, 0.25) is 0 Å². The van der Waals surface area contributed by atoms with Gasteiger partial charge in [-0.15, -0.1) is 0 Å². The lowest BCUT2D eigenvalue weighted by Gasteiger charge is -2.04. The van der Waals surface area contributed by atoms with E-state index >= 15 is 0 Å². The molecule has 0 saturated heterocycles. The van der Waals surface area contributed by atoms with Gasteiger partial charge < -0.3 is 5.11 Å². The monoisotopic (exact) mass is 218 g/mol. The minimum absolute atomic E-state index is 0.140. The maximum absolute atomic E-state index is 12.8. The molecule has 11 heavy (non-hydrogen) atoms. The lowest BCUT2D eigenvalue weighted by atomic mass is 10.1. The normalized spacial score (nSPS) is 10.1. The predicted molar refractivity (Wildman–Crippen MR) is 45.1 cm³/mol. The maximum atomic E-state index is 12.8. The van der Waals surface area contributed by atoms with Gasteiger partial charge in [0.1, 0.15) is 11.6 Å². The number of phenols is 1. The molecule has 0 spiro atoms. The lowest BCUT2D eigenvalue weighted by Crippen LogP contribution is -1.87. The van der Waals surface area contributed by atoms with E-state index in [1.165, 1.54) is 12.1 Å². The Labute approximate surface area is 73.0 Å². The van der Waals surface area contributed by atoms with Gasteiger partial charge in [0, 0.05) is 5.56 Å². The molecule has 0 atom stereocenters. The van der Waals surface area contributed by atoms with Crippen LogP contribution in [0.4, 0.5) is 4.39 Å². The van der Waals surface area contributed by atoms with Crippen molar-refractivity contribution in [2.45, 2.75) is 13.3 Å². The van der Waals surface area contributed by atoms with Gasteiger partial charge in [-0.1, -0.05) is 6.92 Å². The van der Waals surface area contributed by atoms with Gasteiger partial charge >= 0.3 is 0 Å². The zero-order valence-corrected chi connectivity index (χ0v) is 7.65. The van der Waals surface area contributed by atoms with Gasteiger partial charge in [-0.25, -0.2) is 4.39 Å². The average Bonchev–Trinajstić information content (AvgIpc) is 1.99. The van der Waals surface area contributed by atoms with E-state index < -0.39 is 0 Å². The number of phenolic OH excluding ortho intramolecular Hbond substituents is 1. The first-order valence-electron chi connectivity index (χ1n) is 3.32. The highest BCUT2D eigenvalue weighted by Gasteiger charge is 2.07. The quantitative estimate of drug-likeness (QED) is 0.769. The standard InChI is InChI=1S/C8H8BrFO/c1-2-5-7(11)4-3-6(10)8(5)9/h3-4,11H,2H2,1H3. The van der Waals surface area contributed by atoms with Crippen LogP contribution in [0.3, 0.4) is 0 Å². The molecule has 0 aliphatic carbocycles. The molecule has 0 radical (unpaired) electrons. The smallest absolute Gasteiger partial charge is 0.137 e. The van der Waals surface area contributed by atoms with Crippen molar-refractivity contribution in [2.75, 3.05) is 0 Å².